The molecule has 1 aromatic rings. The normalized spacial score (nSPS) is 20.3. The zero-order valence-corrected chi connectivity index (χ0v) is 8.10. The monoisotopic (exact) mass is 199 g/mol. The van der Waals surface area contributed by atoms with E-state index >= 15 is 0 Å². The number of benzene rings is 1. The summed E-state index contributed by atoms with van der Waals surface area (Å²) in [5.41, 5.74) is -0.676. The van der Waals surface area contributed by atoms with Gasteiger partial charge in [0, 0.05) is 0 Å². The summed E-state index contributed by atoms with van der Waals surface area (Å²) in [6.07, 6.45) is 0.440. The van der Waals surface area contributed by atoms with Gasteiger partial charge in [-0.05, 0) is 12.0 Å². The Bertz CT molecular complexity index is 542. The van der Waals surface area contributed by atoms with Crippen LogP contribution in [0.15, 0.2) is 30.2 Å². The lowest BCUT2D eigenvalue weighted by atomic mass is 10.1. The quantitative estimate of drug-likeness (QED) is 0.697. The van der Waals surface area contributed by atoms with E-state index in [1.807, 2.05) is 0 Å². The standard InChI is InChI=1S/C12H16O2/c1-3-10(2)12(13)14-9-11-7-5-4-6-8-11/h4-8,10H,3,9H2,1-2H3/t10-/m0/s1/i4D,5D,6D,7D,8D,9D2. The molecule has 0 aliphatic carbocycles. The van der Waals surface area contributed by atoms with Crippen LogP contribution >= 0.6 is 0 Å². The molecular formula is C12H16O2. The molecule has 0 saturated heterocycles. The summed E-state index contributed by atoms with van der Waals surface area (Å²) in [6, 6.07) is -3.41. The van der Waals surface area contributed by atoms with E-state index in [9.17, 15) is 4.79 Å². The Morgan fingerprint density at radius 3 is 2.79 bits per heavy atom. The molecule has 0 heterocycles. The van der Waals surface area contributed by atoms with Gasteiger partial charge in [-0.15, -0.1) is 0 Å². The van der Waals surface area contributed by atoms with Crippen molar-refractivity contribution in [2.75, 3.05) is 0 Å². The number of hydrogen-bond donors (Lipinski definition) is 0. The highest BCUT2D eigenvalue weighted by Crippen LogP contribution is 2.06. The van der Waals surface area contributed by atoms with Crippen molar-refractivity contribution in [1.29, 1.82) is 0 Å². The molecule has 2 heteroatoms. The van der Waals surface area contributed by atoms with Crippen LogP contribution in [0.2, 0.25) is 0 Å². The molecule has 0 aliphatic heterocycles. The minimum atomic E-state index is -2.80. The summed E-state index contributed by atoms with van der Waals surface area (Å²) >= 11 is 0. The fraction of sp³-hybridized carbons (Fsp3) is 0.417. The van der Waals surface area contributed by atoms with E-state index in [1.54, 1.807) is 13.8 Å². The van der Waals surface area contributed by atoms with Gasteiger partial charge in [0.25, 0.3) is 0 Å². The first kappa shape index (κ1) is 4.47. The van der Waals surface area contributed by atoms with Crippen LogP contribution in [-0.4, -0.2) is 5.97 Å². The molecular weight excluding hydrogens is 176 g/mol. The average Bonchev–Trinajstić information content (AvgIpc) is 2.41. The summed E-state index contributed by atoms with van der Waals surface area (Å²) in [5.74, 6) is -1.38. The minimum absolute atomic E-state index is 0.440. The van der Waals surface area contributed by atoms with Gasteiger partial charge in [-0.1, -0.05) is 44.1 Å². The predicted molar refractivity (Wildman–Crippen MR) is 55.7 cm³/mol. The van der Waals surface area contributed by atoms with E-state index < -0.39 is 54.2 Å². The maximum Gasteiger partial charge on any atom is 0.308 e. The van der Waals surface area contributed by atoms with Gasteiger partial charge < -0.3 is 4.74 Å². The Hall–Kier alpha value is -1.31. The van der Waals surface area contributed by atoms with E-state index in [4.69, 9.17) is 14.3 Å². The summed E-state index contributed by atoms with van der Waals surface area (Å²) < 4.78 is 58.1. The average molecular weight is 199 g/mol. The first-order valence-electron chi connectivity index (χ1n) is 7.84. The van der Waals surface area contributed by atoms with Crippen molar-refractivity contribution < 1.29 is 19.1 Å². The number of carbonyl (C=O) groups excluding carboxylic acids is 1. The van der Waals surface area contributed by atoms with Crippen molar-refractivity contribution in [3.05, 3.63) is 35.8 Å². The van der Waals surface area contributed by atoms with Crippen molar-refractivity contribution in [2.24, 2.45) is 5.92 Å². The number of rotatable bonds is 4. The Labute approximate surface area is 94.7 Å². The first-order valence-corrected chi connectivity index (χ1v) is 4.34. The lowest BCUT2D eigenvalue weighted by molar-refractivity contribution is -0.149. The molecule has 0 unspecified atom stereocenters. The molecule has 0 N–H and O–H groups in total. The summed E-state index contributed by atoms with van der Waals surface area (Å²) in [4.78, 5) is 11.7. The van der Waals surface area contributed by atoms with Gasteiger partial charge in [0.15, 0.2) is 0 Å². The molecule has 0 aliphatic rings. The number of ether oxygens (including phenoxy) is 1. The molecule has 0 aromatic heterocycles. The molecule has 0 bridgehead atoms. The van der Waals surface area contributed by atoms with E-state index in [-0.39, 0.29) is 0 Å². The van der Waals surface area contributed by atoms with Crippen LogP contribution in [0.3, 0.4) is 0 Å². The summed E-state index contributed by atoms with van der Waals surface area (Å²) in [6.45, 7) is 0.486. The van der Waals surface area contributed by atoms with Crippen molar-refractivity contribution in [1.82, 2.24) is 0 Å². The van der Waals surface area contributed by atoms with Crippen molar-refractivity contribution in [2.45, 2.75) is 26.8 Å². The fourth-order valence-electron chi connectivity index (χ4n) is 0.670. The van der Waals surface area contributed by atoms with E-state index in [2.05, 4.69) is 0 Å². The van der Waals surface area contributed by atoms with Crippen LogP contribution < -0.4 is 0 Å². The number of carbonyl (C=O) groups is 1. The third kappa shape index (κ3) is 3.21. The van der Waals surface area contributed by atoms with Crippen LogP contribution in [-0.2, 0) is 16.1 Å². The molecule has 1 atom stereocenters. The predicted octanol–water partition coefficient (Wildman–Crippen LogP) is 2.78. The lowest BCUT2D eigenvalue weighted by Gasteiger charge is -2.08. The molecule has 14 heavy (non-hydrogen) atoms. The highest BCUT2D eigenvalue weighted by atomic mass is 16.5. The first-order chi connectivity index (χ1) is 9.54. The fourth-order valence-corrected chi connectivity index (χ4v) is 0.670. The topological polar surface area (TPSA) is 26.3 Å². The zero-order chi connectivity index (χ0) is 16.5. The van der Waals surface area contributed by atoms with Gasteiger partial charge in [0.2, 0.25) is 0 Å². The molecule has 0 saturated carbocycles. The van der Waals surface area contributed by atoms with Gasteiger partial charge in [-0.2, -0.15) is 0 Å². The third-order valence-corrected chi connectivity index (χ3v) is 1.77. The third-order valence-electron chi connectivity index (χ3n) is 1.77. The summed E-state index contributed by atoms with van der Waals surface area (Å²) in [7, 11) is 0. The highest BCUT2D eigenvalue weighted by molar-refractivity contribution is 5.71. The lowest BCUT2D eigenvalue weighted by Crippen LogP contribution is -2.13. The molecule has 0 amide bonds. The van der Waals surface area contributed by atoms with Gasteiger partial charge in [0.1, 0.15) is 6.56 Å². The van der Waals surface area contributed by atoms with Gasteiger partial charge in [-0.25, -0.2) is 0 Å². The van der Waals surface area contributed by atoms with E-state index in [1.165, 1.54) is 0 Å². The Balaban J connectivity index is 3.35. The number of esters is 1. The molecule has 76 valence electrons. The van der Waals surface area contributed by atoms with Gasteiger partial charge >= 0.3 is 5.97 Å². The minimum Gasteiger partial charge on any atom is -0.461 e. The molecule has 0 fully saturated rings. The Kier molecular flexibility index (Phi) is 1.73. The summed E-state index contributed by atoms with van der Waals surface area (Å²) in [5, 5.41) is 0. The van der Waals surface area contributed by atoms with Crippen molar-refractivity contribution in [3.63, 3.8) is 0 Å². The molecule has 1 rings (SSSR count). The maximum atomic E-state index is 11.7. The van der Waals surface area contributed by atoms with Gasteiger partial charge in [0.05, 0.1) is 15.5 Å². The van der Waals surface area contributed by atoms with Gasteiger partial charge in [-0.3, -0.25) is 4.79 Å². The molecule has 2 nitrogen and oxygen atoms in total. The van der Waals surface area contributed by atoms with Crippen molar-refractivity contribution in [3.8, 4) is 0 Å². The molecule has 1 aromatic carbocycles. The maximum absolute atomic E-state index is 11.7. The second-order valence-corrected chi connectivity index (χ2v) is 2.83. The second-order valence-electron chi connectivity index (χ2n) is 2.83. The Morgan fingerprint density at radius 1 is 1.57 bits per heavy atom. The SMILES string of the molecule is [2H]c1c([2H])c([2H])c(C([2H])([2H])OC(=O)[C@@H](C)CC)c([2H])c1[2H]. The molecule has 0 spiro atoms. The van der Waals surface area contributed by atoms with E-state index in [0.29, 0.717) is 6.42 Å². The van der Waals surface area contributed by atoms with E-state index in [0.717, 1.165) is 0 Å². The van der Waals surface area contributed by atoms with Crippen LogP contribution in [0.1, 0.15) is 35.4 Å². The number of hydrogen-bond acceptors (Lipinski definition) is 2. The van der Waals surface area contributed by atoms with Crippen LogP contribution in [0, 0.1) is 5.92 Å². The second kappa shape index (κ2) is 5.43. The van der Waals surface area contributed by atoms with Crippen molar-refractivity contribution >= 4 is 5.97 Å². The smallest absolute Gasteiger partial charge is 0.308 e. The largest absolute Gasteiger partial charge is 0.461 e. The van der Waals surface area contributed by atoms with Crippen LogP contribution in [0.5, 0.6) is 0 Å². The van der Waals surface area contributed by atoms with Crippen LogP contribution in [0.4, 0.5) is 0 Å². The Morgan fingerprint density at radius 2 is 2.21 bits per heavy atom. The molecule has 0 radical (unpaired) electrons. The van der Waals surface area contributed by atoms with Crippen LogP contribution in [0.25, 0.3) is 0 Å². The highest BCUT2D eigenvalue weighted by Gasteiger charge is 2.11. The zero-order valence-electron chi connectivity index (χ0n) is 15.1.